The molecule has 32 heavy (non-hydrogen) atoms. The van der Waals surface area contributed by atoms with Crippen LogP contribution < -0.4 is 10.6 Å². The van der Waals surface area contributed by atoms with Gasteiger partial charge in [0.2, 0.25) is 0 Å². The smallest absolute Gasteiger partial charge is 0.435 e. The fraction of sp³-hybridized carbons (Fsp3) is 0.444. The Morgan fingerprint density at radius 3 is 2.88 bits per heavy atom. The molecule has 1 amide bonds. The lowest BCUT2D eigenvalue weighted by Gasteiger charge is -2.16. The van der Waals surface area contributed by atoms with Crippen LogP contribution in [0.4, 0.5) is 34.0 Å². The number of hydrogen-bond donors (Lipinski definition) is 3. The Labute approximate surface area is 178 Å². The maximum atomic E-state index is 14.8. The number of halogens is 4. The van der Waals surface area contributed by atoms with Gasteiger partial charge in [-0.2, -0.15) is 23.4 Å². The number of aromatic amines is 1. The Morgan fingerprint density at radius 1 is 1.38 bits per heavy atom. The zero-order chi connectivity index (χ0) is 23.0. The fourth-order valence-corrected chi connectivity index (χ4v) is 3.17. The van der Waals surface area contributed by atoms with Crippen molar-refractivity contribution in [3.05, 3.63) is 35.9 Å². The molecule has 1 fully saturated rings. The van der Waals surface area contributed by atoms with Crippen molar-refractivity contribution in [2.75, 3.05) is 11.9 Å². The molecule has 0 aromatic carbocycles. The van der Waals surface area contributed by atoms with Crippen molar-refractivity contribution < 1.29 is 31.8 Å². The normalized spacial score (nSPS) is 21.3. The van der Waals surface area contributed by atoms with Gasteiger partial charge < -0.3 is 20.1 Å². The number of rotatable bonds is 5. The molecule has 14 heteroatoms. The lowest BCUT2D eigenvalue weighted by atomic mass is 10.1. The van der Waals surface area contributed by atoms with Crippen LogP contribution in [-0.2, 0) is 15.7 Å². The number of nitrogens with zero attached hydrogens (tertiary/aromatic N) is 4. The fourth-order valence-electron chi connectivity index (χ4n) is 3.17. The van der Waals surface area contributed by atoms with Crippen molar-refractivity contribution in [1.29, 1.82) is 0 Å². The third-order valence-electron chi connectivity index (χ3n) is 4.58. The number of aromatic nitrogens is 5. The molecule has 3 aromatic heterocycles. The predicted octanol–water partition coefficient (Wildman–Crippen LogP) is 3.13. The molecule has 4 heterocycles. The number of carbonyl (C=O) groups is 1. The highest BCUT2D eigenvalue weighted by Crippen LogP contribution is 2.34. The average molecular weight is 457 g/mol. The van der Waals surface area contributed by atoms with Crippen LogP contribution >= 0.6 is 0 Å². The molecule has 1 aliphatic rings. The molecular formula is C18H19F4N7O3. The van der Waals surface area contributed by atoms with E-state index in [-0.39, 0.29) is 35.5 Å². The minimum absolute atomic E-state index is 0.0734. The van der Waals surface area contributed by atoms with Crippen LogP contribution in [-0.4, -0.2) is 55.8 Å². The molecule has 0 radical (unpaired) electrons. The van der Waals surface area contributed by atoms with Gasteiger partial charge in [-0.25, -0.2) is 18.7 Å². The van der Waals surface area contributed by atoms with Crippen LogP contribution in [0.2, 0.25) is 0 Å². The van der Waals surface area contributed by atoms with Crippen LogP contribution in [0.5, 0.6) is 0 Å². The van der Waals surface area contributed by atoms with Gasteiger partial charge in [-0.1, -0.05) is 0 Å². The summed E-state index contributed by atoms with van der Waals surface area (Å²) in [6, 6.07) is 2.12. The quantitative estimate of drug-likeness (QED) is 0.504. The van der Waals surface area contributed by atoms with Gasteiger partial charge in [0.05, 0.1) is 12.3 Å². The average Bonchev–Trinajstić information content (AvgIpc) is 3.40. The van der Waals surface area contributed by atoms with E-state index < -0.39 is 36.3 Å². The Hall–Kier alpha value is -3.42. The number of alkyl carbamates (subject to hydrolysis) is 1. The van der Waals surface area contributed by atoms with E-state index in [1.54, 1.807) is 13.8 Å². The molecule has 0 saturated carbocycles. The number of ether oxygens (including phenoxy) is 2. The molecule has 4 rings (SSSR count). The van der Waals surface area contributed by atoms with Crippen LogP contribution in [0.3, 0.4) is 0 Å². The molecule has 1 aliphatic heterocycles. The molecule has 0 aliphatic carbocycles. The van der Waals surface area contributed by atoms with Crippen molar-refractivity contribution in [2.24, 2.45) is 0 Å². The third kappa shape index (κ3) is 4.44. The maximum absolute atomic E-state index is 14.8. The highest BCUT2D eigenvalue weighted by Gasteiger charge is 2.42. The van der Waals surface area contributed by atoms with Crippen LogP contribution in [0.15, 0.2) is 24.5 Å². The number of amides is 1. The number of carbonyl (C=O) groups excluding carboxylic acids is 1. The first kappa shape index (κ1) is 21.8. The Kier molecular flexibility index (Phi) is 5.62. The summed E-state index contributed by atoms with van der Waals surface area (Å²) in [6.07, 6.45) is -6.61. The number of H-pyrrole nitrogens is 1. The highest BCUT2D eigenvalue weighted by molar-refractivity contribution is 5.72. The second-order valence-electron chi connectivity index (χ2n) is 7.41. The summed E-state index contributed by atoms with van der Waals surface area (Å²) in [5.74, 6) is 0.248. The molecule has 0 bridgehead atoms. The lowest BCUT2D eigenvalue weighted by molar-refractivity contribution is -0.141. The number of anilines is 2. The van der Waals surface area contributed by atoms with Crippen molar-refractivity contribution in [1.82, 2.24) is 30.1 Å². The van der Waals surface area contributed by atoms with E-state index in [4.69, 9.17) is 9.47 Å². The topological polar surface area (TPSA) is 118 Å². The second kappa shape index (κ2) is 8.26. The number of hydrogen-bond acceptors (Lipinski definition) is 7. The first-order valence-corrected chi connectivity index (χ1v) is 9.58. The Balaban J connectivity index is 1.47. The van der Waals surface area contributed by atoms with Crippen molar-refractivity contribution in [3.63, 3.8) is 0 Å². The van der Waals surface area contributed by atoms with Gasteiger partial charge in [-0.05, 0) is 13.8 Å². The van der Waals surface area contributed by atoms with E-state index in [2.05, 4.69) is 30.9 Å². The second-order valence-corrected chi connectivity index (χ2v) is 7.41. The molecule has 172 valence electrons. The van der Waals surface area contributed by atoms with Crippen molar-refractivity contribution in [3.8, 4) is 0 Å². The van der Waals surface area contributed by atoms with Crippen molar-refractivity contribution in [2.45, 2.75) is 44.4 Å². The number of nitrogens with one attached hydrogen (secondary N) is 3. The SMILES string of the molecule is CC(C)NC(=O)O[C@@H]1CO[C@H](c2cc(Nc3nccn4nc(C(F)(F)F)cc34)n[nH]2)[C@H]1F. The molecule has 3 aromatic rings. The summed E-state index contributed by atoms with van der Waals surface area (Å²) >= 11 is 0. The summed E-state index contributed by atoms with van der Waals surface area (Å²) in [5, 5.41) is 15.4. The van der Waals surface area contributed by atoms with Crippen LogP contribution in [0, 0.1) is 0 Å². The molecule has 10 nitrogen and oxygen atoms in total. The van der Waals surface area contributed by atoms with E-state index in [0.717, 1.165) is 10.6 Å². The summed E-state index contributed by atoms with van der Waals surface area (Å²) in [5.41, 5.74) is -0.732. The zero-order valence-corrected chi connectivity index (χ0v) is 16.9. The summed E-state index contributed by atoms with van der Waals surface area (Å²) in [4.78, 5) is 15.7. The van der Waals surface area contributed by atoms with E-state index in [0.29, 0.717) is 0 Å². The Morgan fingerprint density at radius 2 is 2.16 bits per heavy atom. The Bertz CT molecular complexity index is 1110. The van der Waals surface area contributed by atoms with Gasteiger partial charge in [0.25, 0.3) is 0 Å². The van der Waals surface area contributed by atoms with E-state index in [1.807, 2.05) is 0 Å². The molecule has 0 spiro atoms. The zero-order valence-electron chi connectivity index (χ0n) is 16.9. The molecule has 1 saturated heterocycles. The maximum Gasteiger partial charge on any atom is 0.435 e. The van der Waals surface area contributed by atoms with Crippen LogP contribution in [0.25, 0.3) is 5.52 Å². The minimum atomic E-state index is -4.61. The van der Waals surface area contributed by atoms with Crippen LogP contribution in [0.1, 0.15) is 31.3 Å². The van der Waals surface area contributed by atoms with Gasteiger partial charge in [0, 0.05) is 30.6 Å². The molecular weight excluding hydrogens is 438 g/mol. The van der Waals surface area contributed by atoms with Gasteiger partial charge in [0.1, 0.15) is 11.6 Å². The van der Waals surface area contributed by atoms with Gasteiger partial charge in [-0.15, -0.1) is 0 Å². The molecule has 3 atom stereocenters. The van der Waals surface area contributed by atoms with Gasteiger partial charge >= 0.3 is 12.3 Å². The summed E-state index contributed by atoms with van der Waals surface area (Å²) < 4.78 is 65.1. The largest absolute Gasteiger partial charge is 0.441 e. The number of alkyl halides is 4. The highest BCUT2D eigenvalue weighted by atomic mass is 19.4. The number of fused-ring (bicyclic) bond motifs is 1. The minimum Gasteiger partial charge on any atom is -0.441 e. The standard InChI is InChI=1S/C18H19F4N7O3/c1-8(2)24-17(30)32-11-7-31-15(14(11)19)9-5-13(27-26-9)25-16-10-6-12(18(20,21)22)28-29(10)4-3-23-16/h3-6,8,11,14-15H,7H2,1-2H3,(H,24,30)(H2,23,25,26,27)/t11-,14+,15-/m1/s1. The summed E-state index contributed by atoms with van der Waals surface area (Å²) in [6.45, 7) is 3.34. The van der Waals surface area contributed by atoms with Gasteiger partial charge in [0.15, 0.2) is 29.6 Å². The lowest BCUT2D eigenvalue weighted by Crippen LogP contribution is -2.36. The monoisotopic (exact) mass is 457 g/mol. The van der Waals surface area contributed by atoms with Crippen molar-refractivity contribution >= 4 is 23.2 Å². The summed E-state index contributed by atoms with van der Waals surface area (Å²) in [7, 11) is 0. The predicted molar refractivity (Wildman–Crippen MR) is 102 cm³/mol. The molecule has 0 unspecified atom stereocenters. The van der Waals surface area contributed by atoms with E-state index in [1.165, 1.54) is 18.5 Å². The first-order valence-electron chi connectivity index (χ1n) is 9.58. The van der Waals surface area contributed by atoms with E-state index in [9.17, 15) is 22.4 Å². The first-order chi connectivity index (χ1) is 15.1. The van der Waals surface area contributed by atoms with Gasteiger partial charge in [-0.3, -0.25) is 5.10 Å². The third-order valence-corrected chi connectivity index (χ3v) is 4.58. The van der Waals surface area contributed by atoms with E-state index >= 15 is 0 Å². The molecule has 3 N–H and O–H groups in total.